The number of aryl methyl sites for hydroxylation is 1. The summed E-state index contributed by atoms with van der Waals surface area (Å²) in [5.41, 5.74) is 2.35. The van der Waals surface area contributed by atoms with Gasteiger partial charge >= 0.3 is 12.1 Å². The maximum atomic E-state index is 13.1. The van der Waals surface area contributed by atoms with E-state index in [0.717, 1.165) is 16.2 Å². The highest BCUT2D eigenvalue weighted by Crippen LogP contribution is 2.38. The van der Waals surface area contributed by atoms with Crippen LogP contribution in [0.1, 0.15) is 21.6 Å². The van der Waals surface area contributed by atoms with Crippen molar-refractivity contribution in [2.24, 2.45) is 11.8 Å². The normalized spacial score (nSPS) is 20.1. The van der Waals surface area contributed by atoms with Crippen molar-refractivity contribution in [1.29, 1.82) is 0 Å². The minimum atomic E-state index is -4.68. The molecular formula is C18H18F3N3O3. The van der Waals surface area contributed by atoms with Crippen LogP contribution in [0.5, 0.6) is 0 Å². The number of aromatic nitrogens is 2. The molecule has 1 N–H and O–H groups in total. The number of benzene rings is 1. The fourth-order valence-electron chi connectivity index (χ4n) is 3.36. The quantitative estimate of drug-likeness (QED) is 0.887. The van der Waals surface area contributed by atoms with Gasteiger partial charge in [0.2, 0.25) is 0 Å². The summed E-state index contributed by atoms with van der Waals surface area (Å²) in [6.45, 7) is 2.40. The van der Waals surface area contributed by atoms with E-state index in [-0.39, 0.29) is 5.56 Å². The van der Waals surface area contributed by atoms with E-state index in [1.165, 1.54) is 10.9 Å². The van der Waals surface area contributed by atoms with Crippen LogP contribution in [0.15, 0.2) is 30.5 Å². The zero-order valence-electron chi connectivity index (χ0n) is 14.7. The molecule has 2 atom stereocenters. The van der Waals surface area contributed by atoms with E-state index in [0.29, 0.717) is 5.69 Å². The summed E-state index contributed by atoms with van der Waals surface area (Å²) in [5, 5.41) is 13.3. The van der Waals surface area contributed by atoms with Gasteiger partial charge in [-0.25, -0.2) is 4.68 Å². The number of hydrogen-bond donors (Lipinski definition) is 1. The minimum Gasteiger partial charge on any atom is -0.481 e. The average molecular weight is 381 g/mol. The summed E-state index contributed by atoms with van der Waals surface area (Å²) in [4.78, 5) is 24.9. The van der Waals surface area contributed by atoms with Crippen LogP contribution in [0, 0.1) is 25.7 Å². The number of amides is 1. The van der Waals surface area contributed by atoms with Crippen LogP contribution in [-0.4, -0.2) is 50.9 Å². The molecule has 0 spiro atoms. The van der Waals surface area contributed by atoms with Crippen molar-refractivity contribution in [3.8, 4) is 5.69 Å². The van der Waals surface area contributed by atoms with Crippen LogP contribution in [-0.2, 0) is 4.79 Å². The third kappa shape index (κ3) is 3.54. The summed E-state index contributed by atoms with van der Waals surface area (Å²) in [6.07, 6.45) is -3.38. The smallest absolute Gasteiger partial charge is 0.394 e. The maximum absolute atomic E-state index is 13.1. The highest BCUT2D eigenvalue weighted by atomic mass is 19.4. The first-order chi connectivity index (χ1) is 12.6. The number of likely N-dealkylation sites (tertiary alicyclic amines) is 1. The Morgan fingerprint density at radius 1 is 1.22 bits per heavy atom. The molecule has 1 aliphatic rings. The van der Waals surface area contributed by atoms with Gasteiger partial charge in [-0.15, -0.1) is 0 Å². The second-order valence-corrected chi connectivity index (χ2v) is 6.70. The van der Waals surface area contributed by atoms with Crippen molar-refractivity contribution in [3.63, 3.8) is 0 Å². The zero-order chi connectivity index (χ0) is 19.9. The molecule has 1 aromatic heterocycles. The number of halogens is 3. The number of carbonyl (C=O) groups is 2. The number of carboxylic acid groups (broad SMARTS) is 1. The van der Waals surface area contributed by atoms with Crippen LogP contribution in [0.3, 0.4) is 0 Å². The Bertz CT molecular complexity index is 891. The van der Waals surface area contributed by atoms with Gasteiger partial charge in [0.25, 0.3) is 5.91 Å². The molecule has 0 radical (unpaired) electrons. The third-order valence-electron chi connectivity index (χ3n) is 4.83. The van der Waals surface area contributed by atoms with E-state index >= 15 is 0 Å². The number of nitrogens with zero attached hydrogens (tertiary/aromatic N) is 3. The Balaban J connectivity index is 1.88. The first-order valence-corrected chi connectivity index (χ1v) is 8.30. The van der Waals surface area contributed by atoms with Crippen molar-refractivity contribution in [2.75, 3.05) is 13.1 Å². The molecule has 2 aromatic rings. The fourth-order valence-corrected chi connectivity index (χ4v) is 3.36. The second-order valence-electron chi connectivity index (χ2n) is 6.70. The van der Waals surface area contributed by atoms with Gasteiger partial charge in [0, 0.05) is 13.1 Å². The SMILES string of the molecule is Cc1cccc(-n2ncc(C(=O)N3C[C@@H](C(F)(F)F)[C@H](C(=O)O)C3)c2C)c1. The van der Waals surface area contributed by atoms with Crippen LogP contribution < -0.4 is 0 Å². The molecule has 6 nitrogen and oxygen atoms in total. The van der Waals surface area contributed by atoms with Gasteiger partial charge in [-0.3, -0.25) is 9.59 Å². The van der Waals surface area contributed by atoms with Gasteiger partial charge in [0.15, 0.2) is 0 Å². The lowest BCUT2D eigenvalue weighted by Crippen LogP contribution is -2.34. The molecule has 0 bridgehead atoms. The number of carboxylic acids is 1. The number of aliphatic carboxylic acids is 1. The highest BCUT2D eigenvalue weighted by molar-refractivity contribution is 5.95. The Kier molecular flexibility index (Phi) is 4.71. The molecule has 144 valence electrons. The van der Waals surface area contributed by atoms with Gasteiger partial charge in [-0.05, 0) is 31.5 Å². The van der Waals surface area contributed by atoms with Gasteiger partial charge < -0.3 is 10.0 Å². The van der Waals surface area contributed by atoms with Crippen molar-refractivity contribution in [3.05, 3.63) is 47.3 Å². The average Bonchev–Trinajstić information content (AvgIpc) is 3.18. The molecule has 1 saturated heterocycles. The summed E-state index contributed by atoms with van der Waals surface area (Å²) in [6, 6.07) is 7.41. The molecule has 1 fully saturated rings. The largest absolute Gasteiger partial charge is 0.481 e. The van der Waals surface area contributed by atoms with Crippen LogP contribution in [0.4, 0.5) is 13.2 Å². The minimum absolute atomic E-state index is 0.156. The van der Waals surface area contributed by atoms with Crippen molar-refractivity contribution >= 4 is 11.9 Å². The number of hydrogen-bond acceptors (Lipinski definition) is 3. The Morgan fingerprint density at radius 2 is 1.93 bits per heavy atom. The topological polar surface area (TPSA) is 75.4 Å². The summed E-state index contributed by atoms with van der Waals surface area (Å²) >= 11 is 0. The van der Waals surface area contributed by atoms with Gasteiger partial charge in [0.05, 0.1) is 35.0 Å². The molecule has 0 saturated carbocycles. The molecule has 1 amide bonds. The van der Waals surface area contributed by atoms with Crippen LogP contribution >= 0.6 is 0 Å². The maximum Gasteiger partial charge on any atom is 0.394 e. The molecule has 1 aromatic carbocycles. The lowest BCUT2D eigenvalue weighted by Gasteiger charge is -2.18. The number of rotatable bonds is 3. The van der Waals surface area contributed by atoms with Gasteiger partial charge in [-0.1, -0.05) is 12.1 Å². The standard InChI is InChI=1S/C18H18F3N3O3/c1-10-4-3-5-12(6-10)24-11(2)13(7-22-24)16(25)23-8-14(17(26)27)15(9-23)18(19,20)21/h3-7,14-15H,8-9H2,1-2H3,(H,26,27)/t14-,15-/m1/s1. The number of alkyl halides is 3. The monoisotopic (exact) mass is 381 g/mol. The van der Waals surface area contributed by atoms with E-state index < -0.39 is 43.0 Å². The highest BCUT2D eigenvalue weighted by Gasteiger charge is 2.53. The molecule has 27 heavy (non-hydrogen) atoms. The lowest BCUT2D eigenvalue weighted by atomic mass is 9.96. The fraction of sp³-hybridized carbons (Fsp3) is 0.389. The zero-order valence-corrected chi connectivity index (χ0v) is 14.7. The van der Waals surface area contributed by atoms with Crippen molar-refractivity contribution < 1.29 is 27.9 Å². The Hall–Kier alpha value is -2.84. The van der Waals surface area contributed by atoms with Gasteiger partial charge in [0.1, 0.15) is 0 Å². The first-order valence-electron chi connectivity index (χ1n) is 8.30. The van der Waals surface area contributed by atoms with E-state index in [9.17, 15) is 22.8 Å². The molecule has 1 aliphatic heterocycles. The first kappa shape index (κ1) is 18.9. The predicted molar refractivity (Wildman–Crippen MR) is 89.6 cm³/mol. The molecule has 3 rings (SSSR count). The van der Waals surface area contributed by atoms with E-state index in [4.69, 9.17) is 5.11 Å². The summed E-state index contributed by atoms with van der Waals surface area (Å²) in [7, 11) is 0. The van der Waals surface area contributed by atoms with Gasteiger partial charge in [-0.2, -0.15) is 18.3 Å². The van der Waals surface area contributed by atoms with E-state index in [1.807, 2.05) is 25.1 Å². The molecule has 0 aliphatic carbocycles. The Labute approximate surface area is 153 Å². The predicted octanol–water partition coefficient (Wildman–Crippen LogP) is 2.82. The summed E-state index contributed by atoms with van der Waals surface area (Å²) < 4.78 is 40.9. The molecule has 0 unspecified atom stereocenters. The van der Waals surface area contributed by atoms with Crippen LogP contribution in [0.2, 0.25) is 0 Å². The summed E-state index contributed by atoms with van der Waals surface area (Å²) in [5.74, 6) is -5.95. The van der Waals surface area contributed by atoms with Crippen LogP contribution in [0.25, 0.3) is 5.69 Å². The van der Waals surface area contributed by atoms with Crippen molar-refractivity contribution in [2.45, 2.75) is 20.0 Å². The Morgan fingerprint density at radius 3 is 2.48 bits per heavy atom. The van der Waals surface area contributed by atoms with E-state index in [2.05, 4.69) is 5.10 Å². The second kappa shape index (κ2) is 6.71. The molecular weight excluding hydrogens is 363 g/mol. The molecule has 9 heteroatoms. The lowest BCUT2D eigenvalue weighted by molar-refractivity contribution is -0.187. The van der Waals surface area contributed by atoms with Crippen molar-refractivity contribution in [1.82, 2.24) is 14.7 Å². The molecule has 2 heterocycles. The number of carbonyl (C=O) groups excluding carboxylic acids is 1. The third-order valence-corrected chi connectivity index (χ3v) is 4.83. The van der Waals surface area contributed by atoms with E-state index in [1.54, 1.807) is 13.0 Å².